The van der Waals surface area contributed by atoms with Crippen molar-refractivity contribution in [2.75, 3.05) is 6.61 Å². The first-order valence-electron chi connectivity index (χ1n) is 6.12. The molecule has 0 fully saturated rings. The fraction of sp³-hybridized carbons (Fsp3) is 0.357. The summed E-state index contributed by atoms with van der Waals surface area (Å²) >= 11 is 6.00. The Bertz CT molecular complexity index is 593. The van der Waals surface area contributed by atoms with Crippen LogP contribution in [0.1, 0.15) is 24.4 Å². The van der Waals surface area contributed by atoms with Crippen LogP contribution in [0.5, 0.6) is 0 Å². The van der Waals surface area contributed by atoms with Crippen LogP contribution in [0.2, 0.25) is 5.02 Å². The van der Waals surface area contributed by atoms with E-state index < -0.39 is 0 Å². The van der Waals surface area contributed by atoms with Crippen molar-refractivity contribution in [3.05, 3.63) is 35.0 Å². The summed E-state index contributed by atoms with van der Waals surface area (Å²) in [6, 6.07) is 6.87. The molecule has 4 nitrogen and oxygen atoms in total. The number of aliphatic hydroxyl groups is 1. The molecular formula is C14H16ClNO3. The molecule has 0 aliphatic heterocycles. The highest BCUT2D eigenvalue weighted by Crippen LogP contribution is 2.26. The van der Waals surface area contributed by atoms with E-state index in [1.807, 2.05) is 19.9 Å². The average molecular weight is 282 g/mol. The number of furan rings is 1. The molecule has 0 saturated heterocycles. The molecule has 2 unspecified atom stereocenters. The van der Waals surface area contributed by atoms with E-state index in [0.717, 1.165) is 5.39 Å². The average Bonchev–Trinajstić information content (AvgIpc) is 2.83. The molecule has 0 spiro atoms. The lowest BCUT2D eigenvalue weighted by atomic mass is 10.1. The minimum atomic E-state index is -0.305. The Balaban J connectivity index is 2.20. The number of carbonyl (C=O) groups excluding carboxylic acids is 1. The summed E-state index contributed by atoms with van der Waals surface area (Å²) in [6.45, 7) is 3.72. The summed E-state index contributed by atoms with van der Waals surface area (Å²) in [4.78, 5) is 12.0. The van der Waals surface area contributed by atoms with E-state index in [2.05, 4.69) is 5.32 Å². The monoisotopic (exact) mass is 281 g/mol. The Morgan fingerprint density at radius 2 is 2.21 bits per heavy atom. The van der Waals surface area contributed by atoms with E-state index >= 15 is 0 Å². The summed E-state index contributed by atoms with van der Waals surface area (Å²) in [7, 11) is 0. The van der Waals surface area contributed by atoms with Gasteiger partial charge in [-0.15, -0.1) is 0 Å². The van der Waals surface area contributed by atoms with Crippen LogP contribution in [-0.4, -0.2) is 23.7 Å². The van der Waals surface area contributed by atoms with Crippen LogP contribution in [0.4, 0.5) is 0 Å². The van der Waals surface area contributed by atoms with Crippen LogP contribution in [0.25, 0.3) is 11.0 Å². The van der Waals surface area contributed by atoms with Crippen molar-refractivity contribution in [2.45, 2.75) is 19.9 Å². The molecular weight excluding hydrogens is 266 g/mol. The summed E-state index contributed by atoms with van der Waals surface area (Å²) in [6.07, 6.45) is 0. The van der Waals surface area contributed by atoms with Crippen LogP contribution in [0, 0.1) is 5.92 Å². The molecule has 5 heteroatoms. The van der Waals surface area contributed by atoms with E-state index in [1.165, 1.54) is 0 Å². The number of aliphatic hydroxyl groups excluding tert-OH is 1. The Kier molecular flexibility index (Phi) is 4.12. The van der Waals surface area contributed by atoms with Crippen LogP contribution in [0.15, 0.2) is 28.7 Å². The van der Waals surface area contributed by atoms with Gasteiger partial charge in [0.15, 0.2) is 11.3 Å². The third kappa shape index (κ3) is 2.91. The lowest BCUT2D eigenvalue weighted by molar-refractivity contribution is 0.0890. The van der Waals surface area contributed by atoms with Crippen molar-refractivity contribution in [1.29, 1.82) is 0 Å². The second-order valence-electron chi connectivity index (χ2n) is 4.69. The van der Waals surface area contributed by atoms with Gasteiger partial charge in [0.2, 0.25) is 0 Å². The highest BCUT2D eigenvalue weighted by Gasteiger charge is 2.18. The second-order valence-corrected chi connectivity index (χ2v) is 5.10. The Morgan fingerprint density at radius 3 is 2.84 bits per heavy atom. The molecule has 0 saturated carbocycles. The third-order valence-corrected chi connectivity index (χ3v) is 3.52. The van der Waals surface area contributed by atoms with Crippen molar-refractivity contribution >= 4 is 28.5 Å². The zero-order chi connectivity index (χ0) is 14.0. The third-order valence-electron chi connectivity index (χ3n) is 3.22. The van der Waals surface area contributed by atoms with E-state index in [9.17, 15) is 4.79 Å². The normalized spacial score (nSPS) is 14.3. The molecule has 0 aliphatic carbocycles. The molecule has 19 heavy (non-hydrogen) atoms. The first-order valence-corrected chi connectivity index (χ1v) is 6.50. The molecule has 1 amide bonds. The maximum absolute atomic E-state index is 12.0. The predicted molar refractivity (Wildman–Crippen MR) is 74.4 cm³/mol. The highest BCUT2D eigenvalue weighted by atomic mass is 35.5. The fourth-order valence-corrected chi connectivity index (χ4v) is 1.94. The number of fused-ring (bicyclic) bond motifs is 1. The number of hydrogen-bond donors (Lipinski definition) is 2. The summed E-state index contributed by atoms with van der Waals surface area (Å²) in [5, 5.41) is 13.1. The Labute approximate surface area is 116 Å². The fourth-order valence-electron chi connectivity index (χ4n) is 1.72. The van der Waals surface area contributed by atoms with Gasteiger partial charge in [-0.2, -0.15) is 0 Å². The lowest BCUT2D eigenvalue weighted by Gasteiger charge is -2.18. The molecule has 0 bridgehead atoms. The Hall–Kier alpha value is -1.52. The topological polar surface area (TPSA) is 62.5 Å². The van der Waals surface area contributed by atoms with Gasteiger partial charge in [-0.3, -0.25) is 4.79 Å². The van der Waals surface area contributed by atoms with Crippen molar-refractivity contribution in [1.82, 2.24) is 5.32 Å². The van der Waals surface area contributed by atoms with Gasteiger partial charge in [-0.1, -0.05) is 30.7 Å². The predicted octanol–water partition coefficient (Wildman–Crippen LogP) is 2.83. The van der Waals surface area contributed by atoms with Crippen LogP contribution >= 0.6 is 11.6 Å². The molecule has 1 aromatic carbocycles. The van der Waals surface area contributed by atoms with Gasteiger partial charge in [0.05, 0.1) is 5.02 Å². The van der Waals surface area contributed by atoms with Crippen LogP contribution in [-0.2, 0) is 0 Å². The van der Waals surface area contributed by atoms with Gasteiger partial charge in [-0.25, -0.2) is 0 Å². The second kappa shape index (κ2) is 5.63. The van der Waals surface area contributed by atoms with Gasteiger partial charge < -0.3 is 14.8 Å². The zero-order valence-corrected chi connectivity index (χ0v) is 11.6. The zero-order valence-electron chi connectivity index (χ0n) is 10.8. The molecule has 0 aliphatic rings. The lowest BCUT2D eigenvalue weighted by Crippen LogP contribution is -2.38. The minimum absolute atomic E-state index is 0.0167. The molecule has 2 aromatic rings. The number of para-hydroxylation sites is 1. The maximum atomic E-state index is 12.0. The molecule has 1 aromatic heterocycles. The van der Waals surface area contributed by atoms with Crippen molar-refractivity contribution in [2.24, 2.45) is 5.92 Å². The number of halogens is 1. The van der Waals surface area contributed by atoms with Crippen molar-refractivity contribution < 1.29 is 14.3 Å². The van der Waals surface area contributed by atoms with Crippen LogP contribution in [0.3, 0.4) is 0 Å². The Morgan fingerprint density at radius 1 is 1.47 bits per heavy atom. The van der Waals surface area contributed by atoms with Gasteiger partial charge in [-0.05, 0) is 25.0 Å². The van der Waals surface area contributed by atoms with E-state index in [4.69, 9.17) is 21.1 Å². The molecule has 2 atom stereocenters. The number of carbonyl (C=O) groups is 1. The molecule has 2 rings (SSSR count). The summed E-state index contributed by atoms with van der Waals surface area (Å²) < 4.78 is 5.47. The summed E-state index contributed by atoms with van der Waals surface area (Å²) in [5.74, 6) is -0.0999. The molecule has 102 valence electrons. The molecule has 1 heterocycles. The van der Waals surface area contributed by atoms with Gasteiger partial charge in [0, 0.05) is 18.0 Å². The maximum Gasteiger partial charge on any atom is 0.287 e. The van der Waals surface area contributed by atoms with Gasteiger partial charge in [0.25, 0.3) is 5.91 Å². The largest absolute Gasteiger partial charge is 0.449 e. The van der Waals surface area contributed by atoms with Crippen LogP contribution < -0.4 is 5.32 Å². The highest BCUT2D eigenvalue weighted by molar-refractivity contribution is 6.34. The quantitative estimate of drug-likeness (QED) is 0.906. The van der Waals surface area contributed by atoms with Gasteiger partial charge >= 0.3 is 0 Å². The smallest absolute Gasteiger partial charge is 0.287 e. The molecule has 0 radical (unpaired) electrons. The number of rotatable bonds is 4. The first-order chi connectivity index (χ1) is 9.02. The number of amides is 1. The SMILES string of the molecule is CC(CO)C(C)NC(=O)c1cc2cccc(Cl)c2o1. The number of hydrogen-bond acceptors (Lipinski definition) is 3. The molecule has 2 N–H and O–H groups in total. The minimum Gasteiger partial charge on any atom is -0.449 e. The summed E-state index contributed by atoms with van der Waals surface area (Å²) in [5.41, 5.74) is 0.511. The van der Waals surface area contributed by atoms with Gasteiger partial charge in [0.1, 0.15) is 0 Å². The standard InChI is InChI=1S/C14H16ClNO3/c1-8(7-17)9(2)16-14(18)12-6-10-4-3-5-11(15)13(10)19-12/h3-6,8-9,17H,7H2,1-2H3,(H,16,18). The van der Waals surface area contributed by atoms with Crippen molar-refractivity contribution in [3.8, 4) is 0 Å². The first kappa shape index (κ1) is 13.9. The van der Waals surface area contributed by atoms with Crippen molar-refractivity contribution in [3.63, 3.8) is 0 Å². The number of nitrogens with one attached hydrogen (secondary N) is 1. The van der Waals surface area contributed by atoms with E-state index in [-0.39, 0.29) is 30.2 Å². The number of benzene rings is 1. The van der Waals surface area contributed by atoms with E-state index in [1.54, 1.807) is 18.2 Å². The van der Waals surface area contributed by atoms with E-state index in [0.29, 0.717) is 10.6 Å².